The lowest BCUT2D eigenvalue weighted by atomic mass is 9.83. The third-order valence-electron chi connectivity index (χ3n) is 18.1. The van der Waals surface area contributed by atoms with Crippen molar-refractivity contribution in [3.8, 4) is 34.5 Å². The van der Waals surface area contributed by atoms with Crippen LogP contribution in [0.3, 0.4) is 0 Å². The summed E-state index contributed by atoms with van der Waals surface area (Å²) >= 11 is 10.7. The van der Waals surface area contributed by atoms with Gasteiger partial charge in [0.05, 0.1) is 71.5 Å². The van der Waals surface area contributed by atoms with Crippen LogP contribution in [0, 0.1) is 35.5 Å². The molecule has 3 aromatic rings. The van der Waals surface area contributed by atoms with E-state index in [0.29, 0.717) is 116 Å². The fraction of sp³-hybridized carbons (Fsp3) is 0.732. The smallest absolute Gasteiger partial charge is 0.407 e. The van der Waals surface area contributed by atoms with E-state index in [4.69, 9.17) is 88.0 Å². The number of nitrogens with two attached hydrogens (primary N) is 2. The molecule has 0 aromatic heterocycles. The van der Waals surface area contributed by atoms with Crippen LogP contribution in [0.2, 0.25) is 0 Å². The van der Waals surface area contributed by atoms with Crippen molar-refractivity contribution in [2.24, 2.45) is 47.0 Å². The van der Waals surface area contributed by atoms with E-state index in [2.05, 4.69) is 93.4 Å². The summed E-state index contributed by atoms with van der Waals surface area (Å²) < 4.78 is 60.4. The lowest BCUT2D eigenvalue weighted by Gasteiger charge is -2.31. The number of aliphatic hydroxyl groups is 3. The van der Waals surface area contributed by atoms with E-state index >= 15 is 0 Å². The zero-order valence-corrected chi connectivity index (χ0v) is 71.3. The molecule has 622 valence electrons. The highest BCUT2D eigenvalue weighted by molar-refractivity contribution is 7.80. The van der Waals surface area contributed by atoms with Gasteiger partial charge >= 0.3 is 12.2 Å². The van der Waals surface area contributed by atoms with Gasteiger partial charge in [-0.05, 0) is 206 Å². The molecule has 3 aromatic carbocycles. The number of benzene rings is 3. The number of methoxy groups -OCH3 is 6. The van der Waals surface area contributed by atoms with E-state index < -0.39 is 53.8 Å². The lowest BCUT2D eigenvalue weighted by molar-refractivity contribution is 0.0389. The second kappa shape index (κ2) is 57.1. The maximum Gasteiger partial charge on any atom is 0.407 e. The number of hydrogen-bond acceptors (Lipinski definition) is 20. The van der Waals surface area contributed by atoms with Crippen LogP contribution in [0.25, 0.3) is 0 Å². The number of unbranched alkanes of at least 4 members (excludes halogenated alkanes) is 4. The molecule has 0 saturated heterocycles. The Morgan fingerprint density at radius 2 is 0.769 bits per heavy atom. The van der Waals surface area contributed by atoms with E-state index in [9.17, 15) is 24.9 Å². The predicted molar refractivity (Wildman–Crippen MR) is 443 cm³/mol. The number of hydrogen-bond donors (Lipinski definition) is 11. The number of carbonyl (C=O) groups excluding carboxylic acids is 2. The van der Waals surface area contributed by atoms with Crippen LogP contribution in [0.4, 0.5) is 9.59 Å². The number of nitrogens with one attached hydrogen (secondary N) is 6. The lowest BCUT2D eigenvalue weighted by Crippen LogP contribution is -2.51. The van der Waals surface area contributed by atoms with Gasteiger partial charge in [0.25, 0.3) is 0 Å². The summed E-state index contributed by atoms with van der Waals surface area (Å²) in [6, 6.07) is 16.6. The molecule has 0 aliphatic heterocycles. The molecular formula is C82H146N8O16S2. The minimum Gasteiger partial charge on any atom is -0.493 e. The van der Waals surface area contributed by atoms with E-state index in [0.717, 1.165) is 99.9 Å². The third-order valence-corrected chi connectivity index (χ3v) is 18.7. The zero-order chi connectivity index (χ0) is 81.2. The molecule has 3 rings (SSSR count). The Labute approximate surface area is 661 Å². The number of thiocarbonyl (C=S) groups is 2. The topological polar surface area (TPSA) is 321 Å². The summed E-state index contributed by atoms with van der Waals surface area (Å²) in [5, 5.41) is 51.6. The Morgan fingerprint density at radius 3 is 1.06 bits per heavy atom. The number of ether oxygens (including phenoxy) is 11. The van der Waals surface area contributed by atoms with Gasteiger partial charge < -0.3 is 111 Å². The largest absolute Gasteiger partial charge is 0.493 e. The van der Waals surface area contributed by atoms with E-state index in [-0.39, 0.29) is 36.9 Å². The fourth-order valence-corrected chi connectivity index (χ4v) is 11.9. The Kier molecular flexibility index (Phi) is 53.0. The zero-order valence-electron chi connectivity index (χ0n) is 69.6. The molecule has 9 atom stereocenters. The quantitative estimate of drug-likeness (QED) is 0.0185. The van der Waals surface area contributed by atoms with Crippen LogP contribution in [0.1, 0.15) is 191 Å². The number of rotatable bonds is 51. The standard InChI is InChI=1S/C31H55N3O6S.C26H47N3O4S.C25H44N2O6/c1-9-10-11-15-32-29(41)33-21-26(35)25(34-30(36)40-31(4,5)6)20-24(22(2)3)18-23-13-14-27(38-8)28(19-23)39-17-12-16-37-7;1-6-7-8-12-28-26(34)29-18-23(30)22(27)17-21(19(2)3)15-20-10-11-24(32-5)25(16-20)33-14-9-13-31-4;1-17(2)19(15-20(21(28)16-26)27-24(29)33-25(3,4)5)13-18-9-10-22(31-7)23(14-18)32-12-8-11-30-6/h13-14,19,22,24-26,35H,9-12,15-18,20-21H2,1-8H3,(H,34,36)(H2,32,33,41);10-11,16,19,21-23,30H,6-9,12-15,17-18,27H2,1-5H3,(H2,28,29,34);9-10,14,17,19-21,28H,8,11-13,15-16,26H2,1-7H3,(H,27,29)/t24-,25-,26-;21-,22-,23-;19-,20-,21-/m000/s1. The average Bonchev–Trinajstić information content (AvgIpc) is 0.856. The highest BCUT2D eigenvalue weighted by atomic mass is 32.1. The van der Waals surface area contributed by atoms with Crippen LogP contribution >= 0.6 is 24.4 Å². The van der Waals surface area contributed by atoms with Crippen molar-refractivity contribution in [3.05, 3.63) is 71.3 Å². The monoisotopic (exact) mass is 1560 g/mol. The van der Waals surface area contributed by atoms with Gasteiger partial charge in [0.1, 0.15) is 11.2 Å². The van der Waals surface area contributed by atoms with E-state index in [1.165, 1.54) is 18.4 Å². The van der Waals surface area contributed by atoms with Crippen molar-refractivity contribution in [1.29, 1.82) is 0 Å². The molecule has 13 N–H and O–H groups in total. The first-order valence-corrected chi connectivity index (χ1v) is 39.9. The molecule has 0 aliphatic rings. The van der Waals surface area contributed by atoms with Gasteiger partial charge in [-0.25, -0.2) is 9.59 Å². The van der Waals surface area contributed by atoms with Gasteiger partial charge in [0, 0.05) is 99.2 Å². The van der Waals surface area contributed by atoms with E-state index in [1.807, 2.05) is 69.3 Å². The van der Waals surface area contributed by atoms with Crippen molar-refractivity contribution in [2.45, 2.75) is 241 Å². The minimum atomic E-state index is -0.880. The van der Waals surface area contributed by atoms with Gasteiger partial charge in [0.2, 0.25) is 0 Å². The summed E-state index contributed by atoms with van der Waals surface area (Å²) in [4.78, 5) is 25.1. The van der Waals surface area contributed by atoms with Gasteiger partial charge in [-0.3, -0.25) is 0 Å². The normalized spacial score (nSPS) is 14.0. The number of aliphatic hydroxyl groups excluding tert-OH is 3. The van der Waals surface area contributed by atoms with Crippen molar-refractivity contribution in [2.75, 3.05) is 115 Å². The Balaban J connectivity index is 0.000000816. The maximum atomic E-state index is 12.7. The van der Waals surface area contributed by atoms with Gasteiger partial charge in [-0.15, -0.1) is 0 Å². The van der Waals surface area contributed by atoms with Crippen molar-refractivity contribution in [1.82, 2.24) is 31.9 Å². The summed E-state index contributed by atoms with van der Waals surface area (Å²) in [6.45, 7) is 33.9. The van der Waals surface area contributed by atoms with Gasteiger partial charge in [0.15, 0.2) is 44.7 Å². The second-order valence-corrected chi connectivity index (χ2v) is 31.5. The molecule has 0 spiro atoms. The van der Waals surface area contributed by atoms with Gasteiger partial charge in [-0.1, -0.05) is 99.3 Å². The first-order chi connectivity index (χ1) is 51.2. The molecule has 0 bridgehead atoms. The number of amides is 2. The molecule has 108 heavy (non-hydrogen) atoms. The Hall–Kier alpha value is -5.94. The van der Waals surface area contributed by atoms with Gasteiger partial charge in [-0.2, -0.15) is 0 Å². The molecule has 26 heteroatoms. The average molecular weight is 1560 g/mol. The summed E-state index contributed by atoms with van der Waals surface area (Å²) in [5.41, 5.74) is 14.2. The highest BCUT2D eigenvalue weighted by Gasteiger charge is 2.32. The molecule has 24 nitrogen and oxygen atoms in total. The molecule has 0 unspecified atom stereocenters. The summed E-state index contributed by atoms with van der Waals surface area (Å²) in [7, 11) is 9.92. The molecule has 0 fully saturated rings. The molecular weight excluding hydrogens is 1420 g/mol. The molecule has 0 heterocycles. The minimum absolute atomic E-state index is 0.0489. The van der Waals surface area contributed by atoms with Crippen molar-refractivity contribution >= 4 is 46.8 Å². The molecule has 0 aliphatic carbocycles. The van der Waals surface area contributed by atoms with Crippen LogP contribution in [-0.2, 0) is 42.9 Å². The third kappa shape index (κ3) is 45.4. The Bertz CT molecular complexity index is 2890. The first kappa shape index (κ1) is 100. The van der Waals surface area contributed by atoms with Crippen LogP contribution in [-0.4, -0.2) is 200 Å². The predicted octanol–water partition coefficient (Wildman–Crippen LogP) is 12.4. The second-order valence-electron chi connectivity index (χ2n) is 30.7. The summed E-state index contributed by atoms with van der Waals surface area (Å²) in [5.74, 6) is 5.87. The van der Waals surface area contributed by atoms with Crippen LogP contribution < -0.4 is 71.8 Å². The Morgan fingerprint density at radius 1 is 0.444 bits per heavy atom. The van der Waals surface area contributed by atoms with Crippen molar-refractivity contribution in [3.63, 3.8) is 0 Å². The fourth-order valence-electron chi connectivity index (χ4n) is 11.6. The maximum absolute atomic E-state index is 12.7. The van der Waals surface area contributed by atoms with E-state index in [1.54, 1.807) is 63.4 Å². The number of alkyl carbamates (subject to hydrolysis) is 2. The highest BCUT2D eigenvalue weighted by Crippen LogP contribution is 2.35. The number of carbonyl (C=O) groups is 2. The van der Waals surface area contributed by atoms with Crippen LogP contribution in [0.5, 0.6) is 34.5 Å². The molecule has 0 radical (unpaired) electrons. The summed E-state index contributed by atoms with van der Waals surface area (Å²) in [6.07, 6.45) is 9.74. The van der Waals surface area contributed by atoms with Crippen molar-refractivity contribution < 1.29 is 77.0 Å². The van der Waals surface area contributed by atoms with Crippen LogP contribution in [0.15, 0.2) is 54.6 Å². The first-order valence-electron chi connectivity index (χ1n) is 39.1. The molecule has 2 amide bonds. The molecule has 0 saturated carbocycles. The SMILES string of the molecule is CCCCCNC(=S)NC[C@H](O)[C@@H](N)C[C@H](Cc1ccc(OC)c(OCCCOC)c1)C(C)C.CCCCCNC(=S)NC[C@H](O)[C@H](C[C@H](Cc1ccc(OC)c(OCCCOC)c1)C(C)C)NC(=O)OC(C)(C)C.COCCCOc1cc(C[C@@H](C[C@H](NC(=O)OC(C)(C)C)[C@@H](O)CN)C(C)C)ccc1OC.